The molecule has 1 aromatic carbocycles. The van der Waals surface area contributed by atoms with Crippen molar-refractivity contribution in [3.05, 3.63) is 30.0 Å². The first kappa shape index (κ1) is 9.77. The van der Waals surface area contributed by atoms with E-state index in [-0.39, 0.29) is 0 Å². The maximum Gasteiger partial charge on any atom is 0.0727 e. The predicted molar refractivity (Wildman–Crippen MR) is 65.1 cm³/mol. The predicted octanol–water partition coefficient (Wildman–Crippen LogP) is 2.56. The zero-order chi connectivity index (χ0) is 10.8. The Morgan fingerprint density at radius 1 is 1.33 bits per heavy atom. The number of benzene rings is 1. The van der Waals surface area contributed by atoms with Crippen LogP contribution in [-0.4, -0.2) is 11.5 Å². The van der Waals surface area contributed by atoms with Gasteiger partial charge in [0.05, 0.1) is 5.52 Å². The van der Waals surface area contributed by atoms with Crippen molar-refractivity contribution in [1.82, 2.24) is 4.98 Å². The van der Waals surface area contributed by atoms with Gasteiger partial charge in [-0.05, 0) is 38.1 Å². The number of nitrogens with two attached hydrogens (primary N) is 1. The number of anilines is 2. The van der Waals surface area contributed by atoms with Crippen LogP contribution in [0.15, 0.2) is 24.3 Å². The van der Waals surface area contributed by atoms with Gasteiger partial charge < -0.3 is 11.1 Å². The number of hydrogen-bond donors (Lipinski definition) is 2. The summed E-state index contributed by atoms with van der Waals surface area (Å²) in [4.78, 5) is 4.43. The largest absolute Gasteiger partial charge is 0.398 e. The molecule has 0 aliphatic carbocycles. The molecular weight excluding hydrogens is 186 g/mol. The van der Waals surface area contributed by atoms with Crippen molar-refractivity contribution in [3.8, 4) is 0 Å². The Balaban J connectivity index is 2.60. The van der Waals surface area contributed by atoms with Crippen LogP contribution in [0.3, 0.4) is 0 Å². The van der Waals surface area contributed by atoms with Gasteiger partial charge in [0.2, 0.25) is 0 Å². The molecule has 2 aromatic rings. The smallest absolute Gasteiger partial charge is 0.0727 e. The zero-order valence-electron chi connectivity index (χ0n) is 9.04. The monoisotopic (exact) mass is 201 g/mol. The van der Waals surface area contributed by atoms with E-state index in [0.29, 0.717) is 0 Å². The maximum absolute atomic E-state index is 5.95. The standard InChI is InChI=1S/C12H15N3/c1-3-14-9-4-5-12-10(7-9)11(13)6-8(2)15-12/h4-7,14H,3H2,1-2H3,(H2,13,15). The van der Waals surface area contributed by atoms with Crippen LogP contribution in [0.25, 0.3) is 10.9 Å². The molecule has 0 aliphatic rings. The minimum Gasteiger partial charge on any atom is -0.398 e. The summed E-state index contributed by atoms with van der Waals surface area (Å²) in [6.07, 6.45) is 0. The van der Waals surface area contributed by atoms with Gasteiger partial charge in [-0.1, -0.05) is 0 Å². The summed E-state index contributed by atoms with van der Waals surface area (Å²) in [6, 6.07) is 7.97. The van der Waals surface area contributed by atoms with Crippen molar-refractivity contribution >= 4 is 22.3 Å². The number of rotatable bonds is 2. The van der Waals surface area contributed by atoms with E-state index in [1.807, 2.05) is 31.2 Å². The quantitative estimate of drug-likeness (QED) is 0.785. The SMILES string of the molecule is CCNc1ccc2nc(C)cc(N)c2c1. The molecule has 0 saturated carbocycles. The van der Waals surface area contributed by atoms with Crippen LogP contribution >= 0.6 is 0 Å². The highest BCUT2D eigenvalue weighted by molar-refractivity contribution is 5.92. The van der Waals surface area contributed by atoms with Crippen LogP contribution in [-0.2, 0) is 0 Å². The van der Waals surface area contributed by atoms with Gasteiger partial charge in [-0.3, -0.25) is 4.98 Å². The normalized spacial score (nSPS) is 10.5. The summed E-state index contributed by atoms with van der Waals surface area (Å²) in [7, 11) is 0. The first-order chi connectivity index (χ1) is 7.20. The van der Waals surface area contributed by atoms with E-state index >= 15 is 0 Å². The molecule has 15 heavy (non-hydrogen) atoms. The third-order valence-electron chi connectivity index (χ3n) is 2.35. The first-order valence-electron chi connectivity index (χ1n) is 5.11. The molecule has 3 N–H and O–H groups in total. The molecule has 3 heteroatoms. The van der Waals surface area contributed by atoms with Crippen molar-refractivity contribution in [2.24, 2.45) is 0 Å². The number of nitrogens with one attached hydrogen (secondary N) is 1. The molecule has 0 radical (unpaired) electrons. The lowest BCUT2D eigenvalue weighted by Gasteiger charge is -2.07. The number of pyridine rings is 1. The highest BCUT2D eigenvalue weighted by atomic mass is 14.9. The molecular formula is C12H15N3. The Labute approximate surface area is 89.3 Å². The van der Waals surface area contributed by atoms with E-state index < -0.39 is 0 Å². The lowest BCUT2D eigenvalue weighted by atomic mass is 10.1. The Bertz CT molecular complexity index is 491. The van der Waals surface area contributed by atoms with Gasteiger partial charge in [-0.25, -0.2) is 0 Å². The molecule has 0 aliphatic heterocycles. The second kappa shape index (κ2) is 3.77. The molecule has 2 rings (SSSR count). The van der Waals surface area contributed by atoms with Crippen molar-refractivity contribution in [2.75, 3.05) is 17.6 Å². The van der Waals surface area contributed by atoms with E-state index in [1.54, 1.807) is 0 Å². The summed E-state index contributed by atoms with van der Waals surface area (Å²) in [5.74, 6) is 0. The molecule has 0 spiro atoms. The second-order valence-electron chi connectivity index (χ2n) is 3.62. The molecule has 0 unspecified atom stereocenters. The van der Waals surface area contributed by atoms with Crippen LogP contribution in [0.1, 0.15) is 12.6 Å². The molecule has 0 bridgehead atoms. The lowest BCUT2D eigenvalue weighted by molar-refractivity contribution is 1.21. The number of fused-ring (bicyclic) bond motifs is 1. The minimum absolute atomic E-state index is 0.789. The number of aromatic nitrogens is 1. The molecule has 0 atom stereocenters. The zero-order valence-corrected chi connectivity index (χ0v) is 9.04. The van der Waals surface area contributed by atoms with E-state index in [2.05, 4.69) is 17.2 Å². The number of hydrogen-bond acceptors (Lipinski definition) is 3. The highest BCUT2D eigenvalue weighted by Crippen LogP contribution is 2.23. The molecule has 3 nitrogen and oxygen atoms in total. The summed E-state index contributed by atoms with van der Waals surface area (Å²) < 4.78 is 0. The fourth-order valence-electron chi connectivity index (χ4n) is 1.70. The van der Waals surface area contributed by atoms with Crippen LogP contribution < -0.4 is 11.1 Å². The topological polar surface area (TPSA) is 50.9 Å². The average Bonchev–Trinajstić information content (AvgIpc) is 2.19. The third kappa shape index (κ3) is 1.86. The van der Waals surface area contributed by atoms with E-state index in [0.717, 1.165) is 34.5 Å². The number of nitrogens with zero attached hydrogens (tertiary/aromatic N) is 1. The van der Waals surface area contributed by atoms with Gasteiger partial charge in [0.15, 0.2) is 0 Å². The van der Waals surface area contributed by atoms with Crippen molar-refractivity contribution in [1.29, 1.82) is 0 Å². The Morgan fingerprint density at radius 3 is 2.87 bits per heavy atom. The van der Waals surface area contributed by atoms with Gasteiger partial charge in [-0.2, -0.15) is 0 Å². The molecule has 78 valence electrons. The van der Waals surface area contributed by atoms with Gasteiger partial charge in [-0.15, -0.1) is 0 Å². The van der Waals surface area contributed by atoms with E-state index in [9.17, 15) is 0 Å². The molecule has 0 saturated heterocycles. The van der Waals surface area contributed by atoms with Crippen molar-refractivity contribution < 1.29 is 0 Å². The minimum atomic E-state index is 0.789. The summed E-state index contributed by atoms with van der Waals surface area (Å²) in [6.45, 7) is 4.93. The van der Waals surface area contributed by atoms with Gasteiger partial charge in [0.1, 0.15) is 0 Å². The Hall–Kier alpha value is -1.77. The first-order valence-corrected chi connectivity index (χ1v) is 5.11. The van der Waals surface area contributed by atoms with Crippen LogP contribution in [0, 0.1) is 6.92 Å². The third-order valence-corrected chi connectivity index (χ3v) is 2.35. The van der Waals surface area contributed by atoms with Crippen LogP contribution in [0.4, 0.5) is 11.4 Å². The number of nitrogen functional groups attached to an aromatic ring is 1. The maximum atomic E-state index is 5.95. The van der Waals surface area contributed by atoms with Crippen LogP contribution in [0.5, 0.6) is 0 Å². The van der Waals surface area contributed by atoms with Crippen molar-refractivity contribution in [2.45, 2.75) is 13.8 Å². The highest BCUT2D eigenvalue weighted by Gasteiger charge is 2.01. The Kier molecular flexibility index (Phi) is 2.46. The van der Waals surface area contributed by atoms with Crippen LogP contribution in [0.2, 0.25) is 0 Å². The summed E-state index contributed by atoms with van der Waals surface area (Å²) >= 11 is 0. The summed E-state index contributed by atoms with van der Waals surface area (Å²) in [5, 5.41) is 4.27. The Morgan fingerprint density at radius 2 is 2.13 bits per heavy atom. The fourth-order valence-corrected chi connectivity index (χ4v) is 1.70. The molecule has 0 amide bonds. The molecule has 1 aromatic heterocycles. The van der Waals surface area contributed by atoms with E-state index in [1.165, 1.54) is 0 Å². The van der Waals surface area contributed by atoms with Crippen molar-refractivity contribution in [3.63, 3.8) is 0 Å². The average molecular weight is 201 g/mol. The van der Waals surface area contributed by atoms with E-state index in [4.69, 9.17) is 5.73 Å². The van der Waals surface area contributed by atoms with Gasteiger partial charge >= 0.3 is 0 Å². The van der Waals surface area contributed by atoms with Gasteiger partial charge in [0, 0.05) is 29.0 Å². The lowest BCUT2D eigenvalue weighted by Crippen LogP contribution is -1.97. The fraction of sp³-hybridized carbons (Fsp3) is 0.250. The molecule has 0 fully saturated rings. The summed E-state index contributed by atoms with van der Waals surface area (Å²) in [5.41, 5.74) is 9.74. The van der Waals surface area contributed by atoms with Gasteiger partial charge in [0.25, 0.3) is 0 Å². The second-order valence-corrected chi connectivity index (χ2v) is 3.62. The number of aryl methyl sites for hydroxylation is 1. The molecule has 1 heterocycles.